The summed E-state index contributed by atoms with van der Waals surface area (Å²) >= 11 is 1.68. The number of aryl methyl sites for hydroxylation is 4. The molecule has 0 radical (unpaired) electrons. The summed E-state index contributed by atoms with van der Waals surface area (Å²) in [6.07, 6.45) is 0. The number of thiophene rings is 1. The number of rotatable bonds is 2. The van der Waals surface area contributed by atoms with Gasteiger partial charge in [0.05, 0.1) is 12.1 Å². The molecule has 0 aliphatic rings. The van der Waals surface area contributed by atoms with E-state index in [0.29, 0.717) is 6.54 Å². The standard InChI is InChI=1S/C16H18N2OS.C2H6/c1-10-5-6-13(7-11(10)2)9-18-15-14(8-12(3)20-15)17(4)16(18)19;1-2/h5-8H,9H2,1-4H3;1-2H3. The van der Waals surface area contributed by atoms with Crippen molar-refractivity contribution in [2.24, 2.45) is 7.05 Å². The zero-order valence-electron chi connectivity index (χ0n) is 14.2. The topological polar surface area (TPSA) is 26.9 Å². The number of imidazole rings is 1. The molecule has 0 saturated heterocycles. The Kier molecular flexibility index (Phi) is 4.91. The van der Waals surface area contributed by atoms with Crippen LogP contribution < -0.4 is 5.69 Å². The Morgan fingerprint density at radius 3 is 2.36 bits per heavy atom. The molecule has 0 aliphatic heterocycles. The van der Waals surface area contributed by atoms with Crippen LogP contribution in [0.2, 0.25) is 0 Å². The van der Waals surface area contributed by atoms with Gasteiger partial charge in [0, 0.05) is 11.9 Å². The highest BCUT2D eigenvalue weighted by Crippen LogP contribution is 2.24. The molecule has 1 aromatic carbocycles. The number of fused-ring (bicyclic) bond motifs is 1. The first-order valence-electron chi connectivity index (χ1n) is 7.69. The fraction of sp³-hybridized carbons (Fsp3) is 0.389. The van der Waals surface area contributed by atoms with Crippen LogP contribution in [0.3, 0.4) is 0 Å². The number of hydrogen-bond donors (Lipinski definition) is 0. The zero-order valence-corrected chi connectivity index (χ0v) is 15.0. The maximum Gasteiger partial charge on any atom is 0.329 e. The second-order valence-corrected chi connectivity index (χ2v) is 6.63. The third-order valence-corrected chi connectivity index (χ3v) is 4.92. The van der Waals surface area contributed by atoms with E-state index in [1.54, 1.807) is 15.9 Å². The van der Waals surface area contributed by atoms with Crippen molar-refractivity contribution in [2.75, 3.05) is 0 Å². The minimum Gasteiger partial charge on any atom is -0.294 e. The Labute approximate surface area is 135 Å². The third-order valence-electron chi connectivity index (χ3n) is 3.85. The van der Waals surface area contributed by atoms with Crippen molar-refractivity contribution in [3.05, 3.63) is 56.3 Å². The molecular formula is C18H24N2OS. The molecule has 0 spiro atoms. The first kappa shape index (κ1) is 16.6. The van der Waals surface area contributed by atoms with E-state index >= 15 is 0 Å². The molecule has 3 aromatic rings. The van der Waals surface area contributed by atoms with Gasteiger partial charge in [-0.05, 0) is 43.5 Å². The van der Waals surface area contributed by atoms with Crippen LogP contribution in [-0.2, 0) is 13.6 Å². The van der Waals surface area contributed by atoms with Gasteiger partial charge in [0.15, 0.2) is 0 Å². The lowest BCUT2D eigenvalue weighted by Crippen LogP contribution is -2.22. The first-order valence-corrected chi connectivity index (χ1v) is 8.51. The molecule has 0 saturated carbocycles. The minimum absolute atomic E-state index is 0.0597. The van der Waals surface area contributed by atoms with Crippen LogP contribution in [0.4, 0.5) is 0 Å². The summed E-state index contributed by atoms with van der Waals surface area (Å²) in [5.74, 6) is 0. The molecule has 3 nitrogen and oxygen atoms in total. The average Bonchev–Trinajstić information content (AvgIpc) is 2.98. The molecule has 0 bridgehead atoms. The van der Waals surface area contributed by atoms with Crippen molar-refractivity contribution in [1.29, 1.82) is 0 Å². The van der Waals surface area contributed by atoms with Crippen molar-refractivity contribution in [3.63, 3.8) is 0 Å². The summed E-state index contributed by atoms with van der Waals surface area (Å²) in [5, 5.41) is 0. The van der Waals surface area contributed by atoms with E-state index in [4.69, 9.17) is 0 Å². The summed E-state index contributed by atoms with van der Waals surface area (Å²) < 4.78 is 3.61. The molecular weight excluding hydrogens is 292 g/mol. The summed E-state index contributed by atoms with van der Waals surface area (Å²) in [6.45, 7) is 10.9. The second-order valence-electron chi connectivity index (χ2n) is 5.39. The molecule has 22 heavy (non-hydrogen) atoms. The third kappa shape index (κ3) is 2.88. The molecule has 0 unspecified atom stereocenters. The maximum absolute atomic E-state index is 12.3. The normalized spacial score (nSPS) is 10.6. The number of hydrogen-bond acceptors (Lipinski definition) is 2. The molecule has 0 atom stereocenters. The lowest BCUT2D eigenvalue weighted by Gasteiger charge is -2.06. The van der Waals surface area contributed by atoms with Crippen LogP contribution in [0.5, 0.6) is 0 Å². The van der Waals surface area contributed by atoms with E-state index in [2.05, 4.69) is 45.0 Å². The molecule has 3 rings (SSSR count). The highest BCUT2D eigenvalue weighted by atomic mass is 32.1. The van der Waals surface area contributed by atoms with E-state index in [0.717, 1.165) is 10.3 Å². The van der Waals surface area contributed by atoms with Crippen LogP contribution in [0.1, 0.15) is 35.4 Å². The average molecular weight is 316 g/mol. The van der Waals surface area contributed by atoms with E-state index in [-0.39, 0.29) is 5.69 Å². The molecule has 0 aliphatic carbocycles. The molecule has 4 heteroatoms. The Morgan fingerprint density at radius 1 is 1.05 bits per heavy atom. The fourth-order valence-electron chi connectivity index (χ4n) is 2.52. The predicted molar refractivity (Wildman–Crippen MR) is 96.2 cm³/mol. The first-order chi connectivity index (χ1) is 10.5. The molecule has 2 aromatic heterocycles. The van der Waals surface area contributed by atoms with Crippen molar-refractivity contribution in [2.45, 2.75) is 41.2 Å². The van der Waals surface area contributed by atoms with Gasteiger partial charge < -0.3 is 0 Å². The van der Waals surface area contributed by atoms with Gasteiger partial charge in [-0.25, -0.2) is 4.79 Å². The zero-order chi connectivity index (χ0) is 16.4. The van der Waals surface area contributed by atoms with E-state index in [1.807, 2.05) is 25.5 Å². The quantitative estimate of drug-likeness (QED) is 0.688. The molecule has 2 heterocycles. The summed E-state index contributed by atoms with van der Waals surface area (Å²) in [7, 11) is 1.84. The Bertz CT molecular complexity index is 852. The van der Waals surface area contributed by atoms with E-state index < -0.39 is 0 Å². The van der Waals surface area contributed by atoms with Crippen LogP contribution in [-0.4, -0.2) is 9.13 Å². The molecule has 0 amide bonds. The SMILES string of the molecule is CC.Cc1cc2c(s1)n(Cc1ccc(C)c(C)c1)c(=O)n2C. The van der Waals surface area contributed by atoms with Gasteiger partial charge in [0.2, 0.25) is 0 Å². The van der Waals surface area contributed by atoms with Gasteiger partial charge in [-0.1, -0.05) is 32.0 Å². The number of aromatic nitrogens is 2. The largest absolute Gasteiger partial charge is 0.329 e. The summed E-state index contributed by atoms with van der Waals surface area (Å²) in [6, 6.07) is 8.48. The minimum atomic E-state index is 0.0597. The number of nitrogens with zero attached hydrogens (tertiary/aromatic N) is 2. The Morgan fingerprint density at radius 2 is 1.73 bits per heavy atom. The van der Waals surface area contributed by atoms with Crippen LogP contribution in [0.25, 0.3) is 10.3 Å². The Balaban J connectivity index is 0.000000847. The lowest BCUT2D eigenvalue weighted by atomic mass is 10.1. The van der Waals surface area contributed by atoms with E-state index in [9.17, 15) is 4.79 Å². The van der Waals surface area contributed by atoms with Crippen molar-refractivity contribution >= 4 is 21.7 Å². The fourth-order valence-corrected chi connectivity index (χ4v) is 3.55. The lowest BCUT2D eigenvalue weighted by molar-refractivity contribution is 0.737. The highest BCUT2D eigenvalue weighted by Gasteiger charge is 2.13. The molecule has 118 valence electrons. The molecule has 0 fully saturated rings. The van der Waals surface area contributed by atoms with Gasteiger partial charge >= 0.3 is 5.69 Å². The second kappa shape index (κ2) is 6.53. The number of benzene rings is 1. The monoisotopic (exact) mass is 316 g/mol. The van der Waals surface area contributed by atoms with Crippen LogP contribution >= 0.6 is 11.3 Å². The highest BCUT2D eigenvalue weighted by molar-refractivity contribution is 7.18. The maximum atomic E-state index is 12.3. The van der Waals surface area contributed by atoms with Gasteiger partial charge in [-0.2, -0.15) is 0 Å². The summed E-state index contributed by atoms with van der Waals surface area (Å²) in [4.78, 5) is 14.6. The van der Waals surface area contributed by atoms with E-state index in [1.165, 1.54) is 21.6 Å². The molecule has 0 N–H and O–H groups in total. The van der Waals surface area contributed by atoms with Gasteiger partial charge in [0.25, 0.3) is 0 Å². The van der Waals surface area contributed by atoms with Gasteiger partial charge in [-0.3, -0.25) is 9.13 Å². The van der Waals surface area contributed by atoms with Crippen molar-refractivity contribution in [1.82, 2.24) is 9.13 Å². The van der Waals surface area contributed by atoms with Gasteiger partial charge in [-0.15, -0.1) is 11.3 Å². The van der Waals surface area contributed by atoms with Crippen LogP contribution in [0, 0.1) is 20.8 Å². The van der Waals surface area contributed by atoms with Crippen molar-refractivity contribution < 1.29 is 0 Å². The predicted octanol–water partition coefficient (Wildman–Crippen LogP) is 4.40. The smallest absolute Gasteiger partial charge is 0.294 e. The summed E-state index contributed by atoms with van der Waals surface area (Å²) in [5.41, 5.74) is 4.82. The van der Waals surface area contributed by atoms with Crippen molar-refractivity contribution in [3.8, 4) is 0 Å². The Hall–Kier alpha value is -1.81. The van der Waals surface area contributed by atoms with Gasteiger partial charge in [0.1, 0.15) is 4.83 Å². The van der Waals surface area contributed by atoms with Crippen LogP contribution in [0.15, 0.2) is 29.1 Å².